The zero-order chi connectivity index (χ0) is 18.7. The molecule has 0 bridgehead atoms. The summed E-state index contributed by atoms with van der Waals surface area (Å²) in [6.07, 6.45) is 15.9. The highest BCUT2D eigenvalue weighted by atomic mass is 16.4. The van der Waals surface area contributed by atoms with Crippen molar-refractivity contribution in [2.45, 2.75) is 83.7 Å². The first-order valence-electron chi connectivity index (χ1n) is 9.68. The summed E-state index contributed by atoms with van der Waals surface area (Å²) in [6.45, 7) is 3.98. The quantitative estimate of drug-likeness (QED) is 0.396. The average Bonchev–Trinajstić information content (AvgIpc) is 2.95. The molecule has 1 fully saturated rings. The summed E-state index contributed by atoms with van der Waals surface area (Å²) >= 11 is 0. The van der Waals surface area contributed by atoms with Crippen LogP contribution >= 0.6 is 0 Å². The summed E-state index contributed by atoms with van der Waals surface area (Å²) in [5.74, 6) is -1.57. The normalized spacial score (nSPS) is 21.9. The Balaban J connectivity index is 2.31. The van der Waals surface area contributed by atoms with Crippen LogP contribution in [0.15, 0.2) is 24.3 Å². The summed E-state index contributed by atoms with van der Waals surface area (Å²) in [4.78, 5) is 23.2. The van der Waals surface area contributed by atoms with Crippen molar-refractivity contribution in [3.63, 3.8) is 0 Å². The Bertz CT molecular complexity index is 476. The van der Waals surface area contributed by atoms with E-state index in [9.17, 15) is 19.8 Å². The molecule has 0 aromatic carbocycles. The second-order valence-corrected chi connectivity index (χ2v) is 7.41. The fraction of sp³-hybridized carbons (Fsp3) is 0.714. The molecule has 1 rings (SSSR count). The van der Waals surface area contributed by atoms with Crippen LogP contribution < -0.4 is 0 Å². The Kier molecular flexibility index (Phi) is 9.73. The summed E-state index contributed by atoms with van der Waals surface area (Å²) in [6, 6.07) is 0. The van der Waals surface area contributed by atoms with Gasteiger partial charge in [0.05, 0.1) is 11.5 Å². The minimum Gasteiger partial charge on any atom is -0.481 e. The molecular formula is C21H34O4. The van der Waals surface area contributed by atoms with Crippen molar-refractivity contribution in [3.05, 3.63) is 24.3 Å². The van der Waals surface area contributed by atoms with E-state index >= 15 is 0 Å². The molecule has 0 aliphatic heterocycles. The van der Waals surface area contributed by atoms with Gasteiger partial charge in [0.2, 0.25) is 0 Å². The van der Waals surface area contributed by atoms with E-state index in [-0.39, 0.29) is 11.7 Å². The third kappa shape index (κ3) is 8.48. The molecule has 0 aromatic rings. The number of carbonyl (C=O) groups is 2. The van der Waals surface area contributed by atoms with Gasteiger partial charge in [-0.25, -0.2) is 0 Å². The Morgan fingerprint density at radius 1 is 1.32 bits per heavy atom. The Morgan fingerprint density at radius 2 is 2.08 bits per heavy atom. The van der Waals surface area contributed by atoms with Crippen LogP contribution in [0.3, 0.4) is 0 Å². The van der Waals surface area contributed by atoms with E-state index in [2.05, 4.69) is 6.92 Å². The van der Waals surface area contributed by atoms with Crippen LogP contribution in [0.1, 0.15) is 78.1 Å². The van der Waals surface area contributed by atoms with Gasteiger partial charge in [0, 0.05) is 12.3 Å². The first-order valence-corrected chi connectivity index (χ1v) is 9.68. The highest BCUT2D eigenvalue weighted by Crippen LogP contribution is 2.31. The van der Waals surface area contributed by atoms with Gasteiger partial charge in [-0.1, -0.05) is 50.5 Å². The van der Waals surface area contributed by atoms with Crippen LogP contribution in [-0.2, 0) is 9.59 Å². The lowest BCUT2D eigenvalue weighted by molar-refractivity contribution is -0.146. The monoisotopic (exact) mass is 350 g/mol. The average molecular weight is 350 g/mol. The largest absolute Gasteiger partial charge is 0.481 e. The number of allylic oxidation sites excluding steroid dienone is 3. The molecule has 0 saturated heterocycles. The van der Waals surface area contributed by atoms with Crippen LogP contribution in [-0.4, -0.2) is 27.6 Å². The lowest BCUT2D eigenvalue weighted by Crippen LogP contribution is -2.26. The summed E-state index contributed by atoms with van der Waals surface area (Å²) in [5.41, 5.74) is -0.750. The number of Topliss-reactive ketones (excluding diaryl/α,β-unsaturated/α-hetero) is 1. The van der Waals surface area contributed by atoms with Gasteiger partial charge in [-0.05, 0) is 45.4 Å². The van der Waals surface area contributed by atoms with Crippen LogP contribution in [0.4, 0.5) is 0 Å². The molecule has 1 aliphatic rings. The molecule has 2 N–H and O–H groups in total. The summed E-state index contributed by atoms with van der Waals surface area (Å²) in [5, 5.41) is 19.6. The smallest absolute Gasteiger partial charge is 0.307 e. The number of aliphatic carboxylic acids is 1. The molecule has 3 atom stereocenters. The van der Waals surface area contributed by atoms with Gasteiger partial charge in [-0.2, -0.15) is 0 Å². The number of carboxylic acids is 1. The minimum atomic E-state index is -0.850. The topological polar surface area (TPSA) is 74.6 Å². The third-order valence-electron chi connectivity index (χ3n) is 5.00. The predicted molar refractivity (Wildman–Crippen MR) is 100 cm³/mol. The molecule has 4 nitrogen and oxygen atoms in total. The molecule has 4 heteroatoms. The van der Waals surface area contributed by atoms with E-state index in [1.807, 2.05) is 31.2 Å². The molecule has 0 aromatic heterocycles. The molecule has 25 heavy (non-hydrogen) atoms. The maximum atomic E-state index is 11.8. The zero-order valence-corrected chi connectivity index (χ0v) is 15.7. The predicted octanol–water partition coefficient (Wildman–Crippen LogP) is 4.67. The molecule has 0 spiro atoms. The van der Waals surface area contributed by atoms with Crippen molar-refractivity contribution >= 4 is 11.8 Å². The van der Waals surface area contributed by atoms with E-state index in [0.29, 0.717) is 19.3 Å². The molecule has 1 unspecified atom stereocenters. The van der Waals surface area contributed by atoms with Crippen LogP contribution in [0.5, 0.6) is 0 Å². The van der Waals surface area contributed by atoms with Gasteiger partial charge >= 0.3 is 5.97 Å². The van der Waals surface area contributed by atoms with E-state index in [0.717, 1.165) is 44.9 Å². The van der Waals surface area contributed by atoms with Gasteiger partial charge in [-0.15, -0.1) is 0 Å². The minimum absolute atomic E-state index is 0.115. The van der Waals surface area contributed by atoms with Gasteiger partial charge in [0.15, 0.2) is 0 Å². The van der Waals surface area contributed by atoms with Crippen LogP contribution in [0, 0.1) is 11.8 Å². The van der Waals surface area contributed by atoms with Crippen LogP contribution in [0.2, 0.25) is 0 Å². The lowest BCUT2D eigenvalue weighted by atomic mass is 9.86. The lowest BCUT2D eigenvalue weighted by Gasteiger charge is -2.18. The number of carbonyl (C=O) groups excluding carboxylic acids is 1. The van der Waals surface area contributed by atoms with Crippen molar-refractivity contribution in [1.29, 1.82) is 0 Å². The van der Waals surface area contributed by atoms with E-state index in [1.165, 1.54) is 0 Å². The molecule has 0 heterocycles. The van der Waals surface area contributed by atoms with E-state index in [1.54, 1.807) is 0 Å². The number of hydrogen-bond acceptors (Lipinski definition) is 3. The Hall–Kier alpha value is -1.42. The maximum Gasteiger partial charge on any atom is 0.307 e. The van der Waals surface area contributed by atoms with Gasteiger partial charge in [0.1, 0.15) is 5.78 Å². The first-order chi connectivity index (χ1) is 11.9. The number of carboxylic acid groups (broad SMARTS) is 1. The van der Waals surface area contributed by atoms with E-state index in [4.69, 9.17) is 0 Å². The summed E-state index contributed by atoms with van der Waals surface area (Å²) < 4.78 is 0. The summed E-state index contributed by atoms with van der Waals surface area (Å²) in [7, 11) is 0. The van der Waals surface area contributed by atoms with Gasteiger partial charge < -0.3 is 10.2 Å². The Morgan fingerprint density at radius 3 is 2.68 bits per heavy atom. The zero-order valence-electron chi connectivity index (χ0n) is 15.7. The molecule has 1 saturated carbocycles. The van der Waals surface area contributed by atoms with Crippen molar-refractivity contribution in [1.82, 2.24) is 0 Å². The molecule has 0 radical (unpaired) electrons. The highest BCUT2D eigenvalue weighted by molar-refractivity contribution is 5.87. The second-order valence-electron chi connectivity index (χ2n) is 7.41. The number of unbranched alkanes of at least 4 members (excludes halogenated alkanes) is 2. The highest BCUT2D eigenvalue weighted by Gasteiger charge is 2.35. The van der Waals surface area contributed by atoms with Gasteiger partial charge in [0.25, 0.3) is 0 Å². The Labute approximate surface area is 152 Å². The standard InChI is InChI=1S/C21H34O4/c1-3-4-9-15-21(2,25)16-10-7-5-6-8-12-18(20(23)24)17-13-11-14-19(17)22/h5-6,10,16-18,25H,3-4,7-9,11-15H2,1-2H3,(H,23,24)/b6-5-,16-10+/t17-,18+,21?/m1/s1. The fourth-order valence-electron chi connectivity index (χ4n) is 3.47. The SMILES string of the molecule is CCCCCC(C)(O)/C=C/C/C=C\CC[C@H](C(=O)O)[C@H]1CCCC1=O. The second kappa shape index (κ2) is 11.2. The van der Waals surface area contributed by atoms with E-state index < -0.39 is 17.5 Å². The molecule has 142 valence electrons. The third-order valence-corrected chi connectivity index (χ3v) is 5.00. The number of ketones is 1. The van der Waals surface area contributed by atoms with Crippen molar-refractivity contribution in [2.24, 2.45) is 11.8 Å². The molecular weight excluding hydrogens is 316 g/mol. The first kappa shape index (κ1) is 21.6. The van der Waals surface area contributed by atoms with Gasteiger partial charge in [-0.3, -0.25) is 9.59 Å². The number of rotatable bonds is 12. The van der Waals surface area contributed by atoms with Crippen molar-refractivity contribution in [3.8, 4) is 0 Å². The van der Waals surface area contributed by atoms with Crippen molar-refractivity contribution < 1.29 is 19.8 Å². The number of aliphatic hydroxyl groups is 1. The fourth-order valence-corrected chi connectivity index (χ4v) is 3.47. The van der Waals surface area contributed by atoms with Crippen molar-refractivity contribution in [2.75, 3.05) is 0 Å². The molecule has 0 amide bonds. The van der Waals surface area contributed by atoms with Crippen LogP contribution in [0.25, 0.3) is 0 Å². The number of hydrogen-bond donors (Lipinski definition) is 2. The maximum absolute atomic E-state index is 11.8. The molecule has 1 aliphatic carbocycles.